The molecule has 0 atom stereocenters. The van der Waals surface area contributed by atoms with E-state index in [0.29, 0.717) is 23.7 Å². The van der Waals surface area contributed by atoms with Gasteiger partial charge in [0.25, 0.3) is 5.91 Å². The van der Waals surface area contributed by atoms with Gasteiger partial charge in [0.1, 0.15) is 5.82 Å². The van der Waals surface area contributed by atoms with Crippen molar-refractivity contribution >= 4 is 44.4 Å². The number of carbonyl (C=O) groups is 1. The van der Waals surface area contributed by atoms with Gasteiger partial charge < -0.3 is 5.32 Å². The van der Waals surface area contributed by atoms with Crippen LogP contribution in [0, 0.1) is 19.7 Å². The molecule has 0 bridgehead atoms. The molecule has 4 aromatic rings. The van der Waals surface area contributed by atoms with Crippen molar-refractivity contribution in [2.24, 2.45) is 0 Å². The van der Waals surface area contributed by atoms with Gasteiger partial charge in [-0.3, -0.25) is 9.69 Å². The van der Waals surface area contributed by atoms with Crippen molar-refractivity contribution < 1.29 is 9.18 Å². The van der Waals surface area contributed by atoms with Crippen LogP contribution in [0.3, 0.4) is 0 Å². The quantitative estimate of drug-likeness (QED) is 0.304. The third-order valence-electron chi connectivity index (χ3n) is 5.78. The molecule has 0 unspecified atom stereocenters. The topological polar surface area (TPSA) is 58.1 Å². The maximum absolute atomic E-state index is 13.9. The van der Waals surface area contributed by atoms with Crippen molar-refractivity contribution in [3.63, 3.8) is 0 Å². The number of aryl methyl sites for hydroxylation is 2. The molecule has 0 spiro atoms. The summed E-state index contributed by atoms with van der Waals surface area (Å²) >= 11 is 2.96. The summed E-state index contributed by atoms with van der Waals surface area (Å²) in [6, 6.07) is 16.1. The molecule has 0 radical (unpaired) electrons. The lowest BCUT2D eigenvalue weighted by atomic mass is 9.97. The lowest BCUT2D eigenvalue weighted by Crippen LogP contribution is -2.32. The molecule has 35 heavy (non-hydrogen) atoms. The zero-order valence-electron chi connectivity index (χ0n) is 19.3. The fraction of sp³-hybridized carbons (Fsp3) is 0.148. The van der Waals surface area contributed by atoms with E-state index in [0.717, 1.165) is 38.1 Å². The second-order valence-electron chi connectivity index (χ2n) is 8.11. The Morgan fingerprint density at radius 2 is 1.80 bits per heavy atom. The minimum absolute atomic E-state index is 0.130. The first-order chi connectivity index (χ1) is 17.0. The molecule has 0 saturated carbocycles. The fourth-order valence-corrected chi connectivity index (χ4v) is 5.48. The highest BCUT2D eigenvalue weighted by Crippen LogP contribution is 2.34. The minimum Gasteiger partial charge on any atom is -0.337 e. The van der Waals surface area contributed by atoms with E-state index in [1.165, 1.54) is 23.5 Å². The molecule has 3 heterocycles. The number of nitrogens with one attached hydrogen (secondary N) is 1. The summed E-state index contributed by atoms with van der Waals surface area (Å²) in [5, 5.41) is 6.51. The van der Waals surface area contributed by atoms with Gasteiger partial charge in [-0.15, -0.1) is 22.7 Å². The van der Waals surface area contributed by atoms with Gasteiger partial charge in [-0.1, -0.05) is 36.4 Å². The summed E-state index contributed by atoms with van der Waals surface area (Å²) in [7, 11) is 0. The van der Waals surface area contributed by atoms with Crippen molar-refractivity contribution in [2.45, 2.75) is 20.3 Å². The number of rotatable bonds is 5. The zero-order valence-corrected chi connectivity index (χ0v) is 20.9. The number of benzene rings is 2. The van der Waals surface area contributed by atoms with Gasteiger partial charge in [0.15, 0.2) is 10.3 Å². The summed E-state index contributed by atoms with van der Waals surface area (Å²) < 4.78 is 13.3. The predicted octanol–water partition coefficient (Wildman–Crippen LogP) is 6.84. The number of hydrogen-bond donors (Lipinski definition) is 1. The maximum Gasteiger partial charge on any atom is 0.262 e. The van der Waals surface area contributed by atoms with Gasteiger partial charge in [0.05, 0.1) is 17.0 Å². The molecular formula is C27H23FN4OS2. The number of amides is 1. The van der Waals surface area contributed by atoms with Crippen LogP contribution in [-0.4, -0.2) is 22.4 Å². The largest absolute Gasteiger partial charge is 0.337 e. The van der Waals surface area contributed by atoms with Crippen LogP contribution in [0.25, 0.3) is 16.8 Å². The van der Waals surface area contributed by atoms with E-state index >= 15 is 0 Å². The summed E-state index contributed by atoms with van der Waals surface area (Å²) in [5.74, 6) is -0.422. The molecule has 1 N–H and O–H groups in total. The van der Waals surface area contributed by atoms with Gasteiger partial charge in [-0.2, -0.15) is 0 Å². The Balaban J connectivity index is 1.49. The lowest BCUT2D eigenvalue weighted by Gasteiger charge is -2.19. The molecule has 1 aliphatic heterocycles. The average molecular weight is 503 g/mol. The smallest absolute Gasteiger partial charge is 0.262 e. The van der Waals surface area contributed by atoms with E-state index in [9.17, 15) is 9.18 Å². The van der Waals surface area contributed by atoms with Crippen LogP contribution in [0.15, 0.2) is 77.8 Å². The number of hydrogen-bond acceptors (Lipinski definition) is 6. The summed E-state index contributed by atoms with van der Waals surface area (Å²) in [6.07, 6.45) is 4.55. The van der Waals surface area contributed by atoms with E-state index in [4.69, 9.17) is 4.98 Å². The molecule has 176 valence electrons. The Morgan fingerprint density at radius 3 is 2.51 bits per heavy atom. The van der Waals surface area contributed by atoms with E-state index in [2.05, 4.69) is 16.4 Å². The van der Waals surface area contributed by atoms with Crippen molar-refractivity contribution in [2.75, 3.05) is 16.8 Å². The van der Waals surface area contributed by atoms with Crippen LogP contribution in [0.2, 0.25) is 0 Å². The van der Waals surface area contributed by atoms with Crippen molar-refractivity contribution in [1.82, 2.24) is 9.97 Å². The molecule has 2 aromatic carbocycles. The Morgan fingerprint density at radius 1 is 1.03 bits per heavy atom. The second-order valence-corrected chi connectivity index (χ2v) is 10.2. The lowest BCUT2D eigenvalue weighted by molar-refractivity contribution is -0.114. The first kappa shape index (κ1) is 23.1. The van der Waals surface area contributed by atoms with E-state index in [1.807, 2.05) is 49.6 Å². The van der Waals surface area contributed by atoms with Gasteiger partial charge in [0.2, 0.25) is 0 Å². The van der Waals surface area contributed by atoms with Crippen LogP contribution < -0.4 is 10.2 Å². The average Bonchev–Trinajstić information content (AvgIpc) is 3.43. The zero-order chi connectivity index (χ0) is 24.4. The molecule has 0 saturated heterocycles. The molecule has 0 aliphatic carbocycles. The molecule has 2 aromatic heterocycles. The van der Waals surface area contributed by atoms with E-state index in [1.54, 1.807) is 34.6 Å². The van der Waals surface area contributed by atoms with Crippen molar-refractivity contribution in [3.8, 4) is 11.3 Å². The molecule has 8 heteroatoms. The number of anilines is 2. The highest BCUT2D eigenvalue weighted by molar-refractivity contribution is 7.15. The van der Waals surface area contributed by atoms with Crippen LogP contribution in [0.4, 0.5) is 14.7 Å². The number of thiazole rings is 2. The predicted molar refractivity (Wildman–Crippen MR) is 142 cm³/mol. The number of carbonyl (C=O) groups excluding carboxylic acids is 1. The maximum atomic E-state index is 13.9. The minimum atomic E-state index is -0.292. The van der Waals surface area contributed by atoms with Gasteiger partial charge in [-0.05, 0) is 55.7 Å². The van der Waals surface area contributed by atoms with Crippen LogP contribution in [-0.2, 0) is 4.79 Å². The third kappa shape index (κ3) is 4.94. The number of nitrogens with zero attached hydrogens (tertiary/aromatic N) is 3. The first-order valence-electron chi connectivity index (χ1n) is 11.2. The molecule has 5 nitrogen and oxygen atoms in total. The fourth-order valence-electron chi connectivity index (χ4n) is 3.83. The molecule has 0 fully saturated rings. The summed E-state index contributed by atoms with van der Waals surface area (Å²) in [6.45, 7) is 4.51. The summed E-state index contributed by atoms with van der Waals surface area (Å²) in [5.41, 5.74) is 4.92. The molecular weight excluding hydrogens is 479 g/mol. The standard InChI is InChI=1S/C27H23FN4OS2/c1-17-18(2)35-26(30-17)29-15-23-22(19-7-4-3-5-8-19)9-6-14-32(25(23)33)27-31-24(16-34-27)20-10-12-21(28)13-11-20/h3-5,7-13,15-16H,6,14H2,1-2H3,(H,29,30)/b23-15-. The van der Waals surface area contributed by atoms with Gasteiger partial charge >= 0.3 is 0 Å². The highest BCUT2D eigenvalue weighted by atomic mass is 32.1. The van der Waals surface area contributed by atoms with Gasteiger partial charge in [-0.25, -0.2) is 14.4 Å². The number of halogens is 1. The normalized spacial score (nSPS) is 15.3. The van der Waals surface area contributed by atoms with Crippen LogP contribution >= 0.6 is 22.7 Å². The molecule has 1 aliphatic rings. The van der Waals surface area contributed by atoms with Crippen molar-refractivity contribution in [1.29, 1.82) is 0 Å². The SMILES string of the molecule is Cc1nc(N/C=C2\C(=O)N(c3nc(-c4ccc(F)cc4)cs3)CCC=C2c2ccccc2)sc1C. The van der Waals surface area contributed by atoms with E-state index < -0.39 is 0 Å². The van der Waals surface area contributed by atoms with Crippen LogP contribution in [0.5, 0.6) is 0 Å². The van der Waals surface area contributed by atoms with E-state index in [-0.39, 0.29) is 11.7 Å². The van der Waals surface area contributed by atoms with Gasteiger partial charge in [0, 0.05) is 28.6 Å². The Bertz CT molecular complexity index is 1400. The summed E-state index contributed by atoms with van der Waals surface area (Å²) in [4.78, 5) is 26.0. The Hall–Kier alpha value is -3.62. The van der Waals surface area contributed by atoms with Crippen LogP contribution in [0.1, 0.15) is 22.6 Å². The monoisotopic (exact) mass is 502 g/mol. The Labute approximate surface area is 211 Å². The highest BCUT2D eigenvalue weighted by Gasteiger charge is 2.28. The molecule has 5 rings (SSSR count). The van der Waals surface area contributed by atoms with Crippen molar-refractivity contribution in [3.05, 3.63) is 99.8 Å². The number of aromatic nitrogens is 2. The second kappa shape index (κ2) is 9.93. The third-order valence-corrected chi connectivity index (χ3v) is 7.65. The molecule has 1 amide bonds. The first-order valence-corrected chi connectivity index (χ1v) is 12.9. The Kier molecular flexibility index (Phi) is 6.57.